The molecule has 0 fully saturated rings. The quantitative estimate of drug-likeness (QED) is 0.320. The molecule has 0 aliphatic heterocycles. The third-order valence-electron chi connectivity index (χ3n) is 2.84. The molecular formula is C17H20N4O3S. The van der Waals surface area contributed by atoms with E-state index in [9.17, 15) is 4.79 Å². The zero-order valence-corrected chi connectivity index (χ0v) is 15.0. The second-order valence-corrected chi connectivity index (χ2v) is 5.63. The highest BCUT2D eigenvalue weighted by Gasteiger charge is 2.06. The van der Waals surface area contributed by atoms with Gasteiger partial charge in [0.05, 0.1) is 25.2 Å². The lowest BCUT2D eigenvalue weighted by molar-refractivity contribution is -0.118. The summed E-state index contributed by atoms with van der Waals surface area (Å²) in [6.07, 6.45) is 4.82. The molecule has 0 unspecified atom stereocenters. The number of hydrazone groups is 1. The topological polar surface area (TPSA) is 85.7 Å². The standard InChI is InChI=1S/C17H20N4O3S/c1-3-23-14-7-6-13(10-15(14)24-4-2)11-20-21-16(22)12-25-17-18-8-5-9-19-17/h5-11H,3-4,12H2,1-2H3,(H,21,22). The van der Waals surface area contributed by atoms with Crippen LogP contribution in [0.5, 0.6) is 11.5 Å². The predicted octanol–water partition coefficient (Wildman–Crippen LogP) is 2.52. The molecule has 1 aromatic carbocycles. The molecular weight excluding hydrogens is 340 g/mol. The van der Waals surface area contributed by atoms with Crippen molar-refractivity contribution in [1.29, 1.82) is 0 Å². The maximum Gasteiger partial charge on any atom is 0.250 e. The molecule has 25 heavy (non-hydrogen) atoms. The van der Waals surface area contributed by atoms with Crippen molar-refractivity contribution in [3.63, 3.8) is 0 Å². The van der Waals surface area contributed by atoms with Gasteiger partial charge in [-0.15, -0.1) is 0 Å². The molecule has 1 aromatic heterocycles. The highest BCUT2D eigenvalue weighted by molar-refractivity contribution is 7.99. The van der Waals surface area contributed by atoms with Gasteiger partial charge in [0.1, 0.15) is 0 Å². The molecule has 0 aliphatic carbocycles. The van der Waals surface area contributed by atoms with Gasteiger partial charge in [-0.25, -0.2) is 15.4 Å². The Morgan fingerprint density at radius 3 is 2.64 bits per heavy atom. The van der Waals surface area contributed by atoms with Crippen molar-refractivity contribution in [2.24, 2.45) is 5.10 Å². The van der Waals surface area contributed by atoms with E-state index in [2.05, 4.69) is 20.5 Å². The molecule has 2 rings (SSSR count). The monoisotopic (exact) mass is 360 g/mol. The molecule has 1 N–H and O–H groups in total. The number of hydrogen-bond donors (Lipinski definition) is 1. The van der Waals surface area contributed by atoms with Crippen LogP contribution < -0.4 is 14.9 Å². The zero-order chi connectivity index (χ0) is 17.9. The molecule has 7 nitrogen and oxygen atoms in total. The van der Waals surface area contributed by atoms with Crippen LogP contribution in [0.4, 0.5) is 0 Å². The minimum Gasteiger partial charge on any atom is -0.490 e. The maximum atomic E-state index is 11.8. The fourth-order valence-electron chi connectivity index (χ4n) is 1.85. The lowest BCUT2D eigenvalue weighted by Crippen LogP contribution is -2.19. The van der Waals surface area contributed by atoms with Gasteiger partial charge in [0.2, 0.25) is 0 Å². The second-order valence-electron chi connectivity index (χ2n) is 4.69. The highest BCUT2D eigenvalue weighted by atomic mass is 32.2. The van der Waals surface area contributed by atoms with Crippen molar-refractivity contribution in [2.45, 2.75) is 19.0 Å². The maximum absolute atomic E-state index is 11.8. The first-order chi connectivity index (χ1) is 12.2. The summed E-state index contributed by atoms with van der Waals surface area (Å²) in [6, 6.07) is 7.20. The van der Waals surface area contributed by atoms with Crippen molar-refractivity contribution in [1.82, 2.24) is 15.4 Å². The van der Waals surface area contributed by atoms with Crippen molar-refractivity contribution >= 4 is 23.9 Å². The summed E-state index contributed by atoms with van der Waals surface area (Å²) in [7, 11) is 0. The summed E-state index contributed by atoms with van der Waals surface area (Å²) in [5, 5.41) is 4.51. The van der Waals surface area contributed by atoms with Crippen molar-refractivity contribution in [3.05, 3.63) is 42.2 Å². The summed E-state index contributed by atoms with van der Waals surface area (Å²) in [6.45, 7) is 4.92. The van der Waals surface area contributed by atoms with E-state index in [-0.39, 0.29) is 11.7 Å². The average molecular weight is 360 g/mol. The lowest BCUT2D eigenvalue weighted by atomic mass is 10.2. The average Bonchev–Trinajstić information content (AvgIpc) is 2.63. The van der Waals surface area contributed by atoms with Gasteiger partial charge in [0.25, 0.3) is 5.91 Å². The first kappa shape index (κ1) is 18.7. The van der Waals surface area contributed by atoms with Gasteiger partial charge in [-0.1, -0.05) is 11.8 Å². The van der Waals surface area contributed by atoms with Gasteiger partial charge in [-0.2, -0.15) is 5.10 Å². The van der Waals surface area contributed by atoms with E-state index in [0.717, 1.165) is 5.56 Å². The Morgan fingerprint density at radius 1 is 1.20 bits per heavy atom. The van der Waals surface area contributed by atoms with Crippen LogP contribution >= 0.6 is 11.8 Å². The van der Waals surface area contributed by atoms with Crippen molar-refractivity contribution < 1.29 is 14.3 Å². The number of hydrogen-bond acceptors (Lipinski definition) is 7. The number of aromatic nitrogens is 2. The van der Waals surface area contributed by atoms with Gasteiger partial charge in [-0.3, -0.25) is 4.79 Å². The minimum atomic E-state index is -0.232. The molecule has 0 saturated carbocycles. The van der Waals surface area contributed by atoms with Crippen LogP contribution in [0.2, 0.25) is 0 Å². The van der Waals surface area contributed by atoms with E-state index in [1.165, 1.54) is 11.8 Å². The molecule has 0 atom stereocenters. The van der Waals surface area contributed by atoms with Gasteiger partial charge in [0, 0.05) is 12.4 Å². The fraction of sp³-hybridized carbons (Fsp3) is 0.294. The van der Waals surface area contributed by atoms with E-state index in [0.29, 0.717) is 29.9 Å². The predicted molar refractivity (Wildman–Crippen MR) is 97.3 cm³/mol. The van der Waals surface area contributed by atoms with Gasteiger partial charge in [0.15, 0.2) is 16.7 Å². The molecule has 0 aliphatic rings. The first-order valence-electron chi connectivity index (χ1n) is 7.84. The van der Waals surface area contributed by atoms with Gasteiger partial charge in [-0.05, 0) is 43.7 Å². The van der Waals surface area contributed by atoms with E-state index < -0.39 is 0 Å². The minimum absolute atomic E-state index is 0.189. The number of thioether (sulfide) groups is 1. The summed E-state index contributed by atoms with van der Waals surface area (Å²) in [5.74, 6) is 1.29. The largest absolute Gasteiger partial charge is 0.490 e. The van der Waals surface area contributed by atoms with Gasteiger partial charge >= 0.3 is 0 Å². The second kappa shape index (κ2) is 10.3. The Labute approximate surface area is 150 Å². The fourth-order valence-corrected chi connectivity index (χ4v) is 2.44. The molecule has 0 spiro atoms. The number of nitrogens with one attached hydrogen (secondary N) is 1. The SMILES string of the molecule is CCOc1ccc(C=NNC(=O)CSc2ncccn2)cc1OCC. The molecule has 2 aromatic rings. The van der Waals surface area contributed by atoms with Crippen molar-refractivity contribution in [2.75, 3.05) is 19.0 Å². The molecule has 0 radical (unpaired) electrons. The van der Waals surface area contributed by atoms with Crippen LogP contribution in [0.15, 0.2) is 46.9 Å². The molecule has 1 amide bonds. The Bertz CT molecular complexity index is 710. The Hall–Kier alpha value is -2.61. The Morgan fingerprint density at radius 2 is 1.92 bits per heavy atom. The highest BCUT2D eigenvalue weighted by Crippen LogP contribution is 2.27. The molecule has 0 saturated heterocycles. The molecule has 8 heteroatoms. The number of rotatable bonds is 9. The van der Waals surface area contributed by atoms with Gasteiger partial charge < -0.3 is 9.47 Å². The van der Waals surface area contributed by atoms with Crippen LogP contribution in [-0.2, 0) is 4.79 Å². The third kappa shape index (κ3) is 6.42. The summed E-state index contributed by atoms with van der Waals surface area (Å²) >= 11 is 1.25. The van der Waals surface area contributed by atoms with Crippen LogP contribution in [-0.4, -0.2) is 41.1 Å². The summed E-state index contributed by atoms with van der Waals surface area (Å²) < 4.78 is 11.1. The number of carbonyl (C=O) groups is 1. The lowest BCUT2D eigenvalue weighted by Gasteiger charge is -2.11. The zero-order valence-electron chi connectivity index (χ0n) is 14.1. The smallest absolute Gasteiger partial charge is 0.250 e. The van der Waals surface area contributed by atoms with Crippen LogP contribution in [0.3, 0.4) is 0 Å². The van der Waals surface area contributed by atoms with E-state index in [1.54, 1.807) is 24.7 Å². The molecule has 132 valence electrons. The number of amides is 1. The summed E-state index contributed by atoms with van der Waals surface area (Å²) in [5.41, 5.74) is 3.27. The van der Waals surface area contributed by atoms with Crippen LogP contribution in [0, 0.1) is 0 Å². The Kier molecular flexibility index (Phi) is 7.71. The number of benzene rings is 1. The first-order valence-corrected chi connectivity index (χ1v) is 8.82. The molecule has 0 bridgehead atoms. The number of nitrogens with zero attached hydrogens (tertiary/aromatic N) is 3. The van der Waals surface area contributed by atoms with E-state index in [4.69, 9.17) is 9.47 Å². The van der Waals surface area contributed by atoms with Crippen LogP contribution in [0.1, 0.15) is 19.4 Å². The number of ether oxygens (including phenoxy) is 2. The molecule has 1 heterocycles. The van der Waals surface area contributed by atoms with Crippen molar-refractivity contribution in [3.8, 4) is 11.5 Å². The van der Waals surface area contributed by atoms with E-state index in [1.807, 2.05) is 32.0 Å². The normalized spacial score (nSPS) is 10.6. The van der Waals surface area contributed by atoms with E-state index >= 15 is 0 Å². The Balaban J connectivity index is 1.88. The third-order valence-corrected chi connectivity index (χ3v) is 3.72. The van der Waals surface area contributed by atoms with Crippen LogP contribution in [0.25, 0.3) is 0 Å². The number of carbonyl (C=O) groups excluding carboxylic acids is 1. The summed E-state index contributed by atoms with van der Waals surface area (Å²) in [4.78, 5) is 19.8.